The van der Waals surface area contributed by atoms with Gasteiger partial charge < -0.3 is 14.8 Å². The maximum atomic E-state index is 9.13. The third-order valence-corrected chi connectivity index (χ3v) is 4.15. The molecule has 0 bridgehead atoms. The summed E-state index contributed by atoms with van der Waals surface area (Å²) >= 11 is 6.88. The number of fused-ring (bicyclic) bond motifs is 1. The fourth-order valence-electron chi connectivity index (χ4n) is 2.08. The largest absolute Gasteiger partial charge is 0.454 e. The Morgan fingerprint density at radius 2 is 2.05 bits per heavy atom. The van der Waals surface area contributed by atoms with E-state index in [1.807, 2.05) is 24.3 Å². The van der Waals surface area contributed by atoms with Gasteiger partial charge in [-0.1, -0.05) is 15.9 Å². The van der Waals surface area contributed by atoms with E-state index in [2.05, 4.69) is 43.2 Å². The second-order valence-electron chi connectivity index (χ2n) is 4.47. The molecule has 106 valence electrons. The fraction of sp³-hybridized carbons (Fsp3) is 0.133. The first-order valence-electron chi connectivity index (χ1n) is 6.19. The molecule has 3 rings (SSSR count). The Hall–Kier alpha value is -1.71. The van der Waals surface area contributed by atoms with E-state index in [0.29, 0.717) is 12.1 Å². The lowest BCUT2D eigenvalue weighted by Gasteiger charge is -2.10. The van der Waals surface area contributed by atoms with E-state index in [9.17, 15) is 0 Å². The van der Waals surface area contributed by atoms with Gasteiger partial charge in [-0.15, -0.1) is 0 Å². The van der Waals surface area contributed by atoms with Crippen molar-refractivity contribution in [3.8, 4) is 17.6 Å². The maximum Gasteiger partial charge on any atom is 0.231 e. The highest BCUT2D eigenvalue weighted by atomic mass is 79.9. The summed E-state index contributed by atoms with van der Waals surface area (Å²) in [6.07, 6.45) is 0. The van der Waals surface area contributed by atoms with Crippen LogP contribution in [-0.4, -0.2) is 6.79 Å². The summed E-state index contributed by atoms with van der Waals surface area (Å²) in [4.78, 5) is 0. The van der Waals surface area contributed by atoms with Gasteiger partial charge >= 0.3 is 0 Å². The Balaban J connectivity index is 1.81. The molecule has 1 aliphatic rings. The molecule has 0 atom stereocenters. The van der Waals surface area contributed by atoms with E-state index in [0.717, 1.165) is 31.7 Å². The van der Waals surface area contributed by atoms with Gasteiger partial charge in [-0.25, -0.2) is 0 Å². The van der Waals surface area contributed by atoms with Crippen molar-refractivity contribution < 1.29 is 9.47 Å². The molecule has 0 amide bonds. The Kier molecular flexibility index (Phi) is 4.04. The predicted molar refractivity (Wildman–Crippen MR) is 86.4 cm³/mol. The zero-order valence-corrected chi connectivity index (χ0v) is 14.0. The number of hydrogen-bond acceptors (Lipinski definition) is 4. The Bertz CT molecular complexity index is 741. The van der Waals surface area contributed by atoms with Gasteiger partial charge in [0, 0.05) is 11.0 Å². The van der Waals surface area contributed by atoms with Crippen LogP contribution >= 0.6 is 31.9 Å². The van der Waals surface area contributed by atoms with Gasteiger partial charge in [0.15, 0.2) is 11.5 Å². The minimum Gasteiger partial charge on any atom is -0.454 e. The van der Waals surface area contributed by atoms with Gasteiger partial charge in [0.1, 0.15) is 6.07 Å². The van der Waals surface area contributed by atoms with Gasteiger partial charge in [0.2, 0.25) is 6.79 Å². The molecule has 0 unspecified atom stereocenters. The standard InChI is InChI=1S/C15H10Br2N2O2/c16-11-2-1-10(6-18)13(5-11)19-7-9-3-12(17)15-14(4-9)20-8-21-15/h1-5,19H,7-8H2. The monoisotopic (exact) mass is 408 g/mol. The van der Waals surface area contributed by atoms with Crippen molar-refractivity contribution >= 4 is 37.5 Å². The van der Waals surface area contributed by atoms with Gasteiger partial charge in [0.05, 0.1) is 15.7 Å². The number of halogens is 2. The molecule has 2 aromatic carbocycles. The normalized spacial score (nSPS) is 12.0. The van der Waals surface area contributed by atoms with E-state index in [1.54, 1.807) is 6.07 Å². The lowest BCUT2D eigenvalue weighted by Crippen LogP contribution is -2.01. The molecule has 1 aliphatic heterocycles. The van der Waals surface area contributed by atoms with Crippen molar-refractivity contribution in [1.29, 1.82) is 5.26 Å². The minimum absolute atomic E-state index is 0.245. The predicted octanol–water partition coefficient (Wildman–Crippen LogP) is 4.42. The van der Waals surface area contributed by atoms with Gasteiger partial charge in [-0.3, -0.25) is 0 Å². The third-order valence-electron chi connectivity index (χ3n) is 3.07. The van der Waals surface area contributed by atoms with Crippen LogP contribution in [0.5, 0.6) is 11.5 Å². The first kappa shape index (κ1) is 14.2. The molecule has 0 saturated heterocycles. The second kappa shape index (κ2) is 5.96. The average Bonchev–Trinajstić information content (AvgIpc) is 2.94. The first-order valence-corrected chi connectivity index (χ1v) is 7.77. The average molecular weight is 410 g/mol. The highest BCUT2D eigenvalue weighted by Crippen LogP contribution is 2.40. The van der Waals surface area contributed by atoms with Crippen molar-refractivity contribution in [3.63, 3.8) is 0 Å². The summed E-state index contributed by atoms with van der Waals surface area (Å²) in [5, 5.41) is 12.4. The van der Waals surface area contributed by atoms with Crippen LogP contribution in [0.3, 0.4) is 0 Å². The van der Waals surface area contributed by atoms with Crippen LogP contribution in [0.15, 0.2) is 39.3 Å². The van der Waals surface area contributed by atoms with E-state index in [1.165, 1.54) is 0 Å². The Morgan fingerprint density at radius 1 is 1.19 bits per heavy atom. The summed E-state index contributed by atoms with van der Waals surface area (Å²) in [7, 11) is 0. The van der Waals surface area contributed by atoms with Gasteiger partial charge in [0.25, 0.3) is 0 Å². The number of hydrogen-bond donors (Lipinski definition) is 1. The van der Waals surface area contributed by atoms with Gasteiger partial charge in [-0.2, -0.15) is 5.26 Å². The second-order valence-corrected chi connectivity index (χ2v) is 6.24. The summed E-state index contributed by atoms with van der Waals surface area (Å²) in [5.41, 5.74) is 2.44. The van der Waals surface area contributed by atoms with Crippen molar-refractivity contribution in [2.24, 2.45) is 0 Å². The van der Waals surface area contributed by atoms with Crippen LogP contribution in [0.25, 0.3) is 0 Å². The van der Waals surface area contributed by atoms with Crippen LogP contribution in [0, 0.1) is 11.3 Å². The first-order chi connectivity index (χ1) is 10.2. The minimum atomic E-state index is 0.245. The molecule has 1 N–H and O–H groups in total. The van der Waals surface area contributed by atoms with Crippen LogP contribution in [0.4, 0.5) is 5.69 Å². The number of anilines is 1. The lowest BCUT2D eigenvalue weighted by molar-refractivity contribution is 0.173. The SMILES string of the molecule is N#Cc1ccc(Br)cc1NCc1cc(Br)c2c(c1)OCO2. The molecule has 0 aromatic heterocycles. The molecule has 0 spiro atoms. The van der Waals surface area contributed by atoms with Crippen molar-refractivity contribution in [1.82, 2.24) is 0 Å². The number of nitrogens with zero attached hydrogens (tertiary/aromatic N) is 1. The lowest BCUT2D eigenvalue weighted by atomic mass is 10.1. The quantitative estimate of drug-likeness (QED) is 0.814. The van der Waals surface area contributed by atoms with E-state index in [4.69, 9.17) is 14.7 Å². The number of rotatable bonds is 3. The fourth-order valence-corrected chi connectivity index (χ4v) is 3.05. The van der Waals surface area contributed by atoms with Crippen molar-refractivity contribution in [2.75, 3.05) is 12.1 Å². The summed E-state index contributed by atoms with van der Waals surface area (Å²) in [5.74, 6) is 1.47. The van der Waals surface area contributed by atoms with Crippen molar-refractivity contribution in [2.45, 2.75) is 6.54 Å². The number of nitriles is 1. The van der Waals surface area contributed by atoms with E-state index >= 15 is 0 Å². The molecular formula is C15H10Br2N2O2. The highest BCUT2D eigenvalue weighted by Gasteiger charge is 2.17. The molecule has 6 heteroatoms. The molecule has 1 heterocycles. The third kappa shape index (κ3) is 2.99. The van der Waals surface area contributed by atoms with Crippen LogP contribution in [-0.2, 0) is 6.54 Å². The molecule has 0 radical (unpaired) electrons. The summed E-state index contributed by atoms with van der Waals surface area (Å²) in [6.45, 7) is 0.829. The number of ether oxygens (including phenoxy) is 2. The highest BCUT2D eigenvalue weighted by molar-refractivity contribution is 9.10. The number of nitrogens with one attached hydrogen (secondary N) is 1. The zero-order chi connectivity index (χ0) is 14.8. The summed E-state index contributed by atoms with van der Waals surface area (Å²) in [6, 6.07) is 11.6. The van der Waals surface area contributed by atoms with Gasteiger partial charge in [-0.05, 0) is 51.8 Å². The van der Waals surface area contributed by atoms with E-state index < -0.39 is 0 Å². The molecule has 0 aliphatic carbocycles. The zero-order valence-electron chi connectivity index (χ0n) is 10.8. The molecule has 4 nitrogen and oxygen atoms in total. The topological polar surface area (TPSA) is 54.3 Å². The Labute approximate surface area is 138 Å². The molecular weight excluding hydrogens is 400 g/mol. The smallest absolute Gasteiger partial charge is 0.231 e. The molecule has 21 heavy (non-hydrogen) atoms. The maximum absolute atomic E-state index is 9.13. The Morgan fingerprint density at radius 3 is 2.86 bits per heavy atom. The van der Waals surface area contributed by atoms with Crippen LogP contribution in [0.1, 0.15) is 11.1 Å². The summed E-state index contributed by atoms with van der Waals surface area (Å²) < 4.78 is 12.5. The van der Waals surface area contributed by atoms with E-state index in [-0.39, 0.29) is 6.79 Å². The molecule has 2 aromatic rings. The number of benzene rings is 2. The van der Waals surface area contributed by atoms with Crippen LogP contribution in [0.2, 0.25) is 0 Å². The molecule has 0 fully saturated rings. The van der Waals surface area contributed by atoms with Crippen LogP contribution < -0.4 is 14.8 Å². The van der Waals surface area contributed by atoms with Crippen molar-refractivity contribution in [3.05, 3.63) is 50.4 Å². The molecule has 0 saturated carbocycles.